The summed E-state index contributed by atoms with van der Waals surface area (Å²) in [6, 6.07) is 21.2. The Balaban J connectivity index is 1.58. The van der Waals surface area contributed by atoms with E-state index >= 15 is 0 Å². The molecule has 9 heteroatoms. The highest BCUT2D eigenvalue weighted by Crippen LogP contribution is 2.26. The molecule has 202 valence electrons. The molecule has 0 unspecified atom stereocenters. The maximum atomic E-state index is 13.7. The minimum absolute atomic E-state index is 0.0737. The number of benzene rings is 3. The van der Waals surface area contributed by atoms with Gasteiger partial charge in [0.1, 0.15) is 12.4 Å². The maximum Gasteiger partial charge on any atom is 0.322 e. The van der Waals surface area contributed by atoms with E-state index in [0.29, 0.717) is 5.82 Å². The number of amides is 3. The van der Waals surface area contributed by atoms with Crippen LogP contribution in [0.3, 0.4) is 0 Å². The summed E-state index contributed by atoms with van der Waals surface area (Å²) in [5, 5.41) is 10.2. The van der Waals surface area contributed by atoms with Crippen molar-refractivity contribution in [3.05, 3.63) is 107 Å². The van der Waals surface area contributed by atoms with Crippen molar-refractivity contribution in [1.29, 1.82) is 0 Å². The van der Waals surface area contributed by atoms with Crippen molar-refractivity contribution >= 4 is 23.4 Å². The molecule has 0 aliphatic heterocycles. The lowest BCUT2D eigenvalue weighted by Gasteiger charge is -2.23. The third-order valence-corrected chi connectivity index (χ3v) is 6.03. The largest absolute Gasteiger partial charge is 0.322 e. The van der Waals surface area contributed by atoms with E-state index < -0.39 is 23.6 Å². The molecule has 1 aromatic heterocycles. The van der Waals surface area contributed by atoms with Crippen LogP contribution in [0.25, 0.3) is 5.69 Å². The van der Waals surface area contributed by atoms with Crippen LogP contribution in [-0.4, -0.2) is 33.2 Å². The average Bonchev–Trinajstić information content (AvgIpc) is 3.31. The SMILES string of the molecule is Cc1ccc(-n2nc(C(C)(C)C)cc2NC(=O)CN(Cc2ccccc2)C(=O)Nc2ccc(F)c(F)c2)cc1. The smallest absolute Gasteiger partial charge is 0.311 e. The molecule has 1 heterocycles. The first kappa shape index (κ1) is 27.5. The lowest BCUT2D eigenvalue weighted by molar-refractivity contribution is -0.116. The van der Waals surface area contributed by atoms with Crippen molar-refractivity contribution in [2.75, 3.05) is 17.2 Å². The fourth-order valence-electron chi connectivity index (χ4n) is 3.85. The van der Waals surface area contributed by atoms with E-state index in [1.54, 1.807) is 4.68 Å². The number of halogens is 2. The number of aromatic nitrogens is 2. The normalized spacial score (nSPS) is 11.2. The average molecular weight is 532 g/mol. The van der Waals surface area contributed by atoms with Crippen LogP contribution in [0, 0.1) is 18.6 Å². The first-order valence-electron chi connectivity index (χ1n) is 12.5. The van der Waals surface area contributed by atoms with E-state index in [4.69, 9.17) is 5.10 Å². The molecule has 39 heavy (non-hydrogen) atoms. The van der Waals surface area contributed by atoms with E-state index in [0.717, 1.165) is 34.6 Å². The Hall–Kier alpha value is -4.53. The van der Waals surface area contributed by atoms with Gasteiger partial charge in [0, 0.05) is 29.8 Å². The van der Waals surface area contributed by atoms with Crippen LogP contribution in [0.15, 0.2) is 78.9 Å². The van der Waals surface area contributed by atoms with Crippen molar-refractivity contribution in [3.63, 3.8) is 0 Å². The van der Waals surface area contributed by atoms with Gasteiger partial charge in [0.05, 0.1) is 11.4 Å². The van der Waals surface area contributed by atoms with Crippen molar-refractivity contribution in [2.45, 2.75) is 39.7 Å². The highest BCUT2D eigenvalue weighted by atomic mass is 19.2. The highest BCUT2D eigenvalue weighted by Gasteiger charge is 2.23. The predicted molar refractivity (Wildman–Crippen MR) is 148 cm³/mol. The van der Waals surface area contributed by atoms with E-state index in [1.165, 1.54) is 11.0 Å². The summed E-state index contributed by atoms with van der Waals surface area (Å²) in [5.41, 5.74) is 3.27. The monoisotopic (exact) mass is 531 g/mol. The number of urea groups is 1. The number of nitrogens with one attached hydrogen (secondary N) is 2. The van der Waals surface area contributed by atoms with E-state index in [1.807, 2.05) is 88.4 Å². The van der Waals surface area contributed by atoms with Gasteiger partial charge >= 0.3 is 6.03 Å². The van der Waals surface area contributed by atoms with Gasteiger partial charge in [0.2, 0.25) is 5.91 Å². The summed E-state index contributed by atoms with van der Waals surface area (Å²) >= 11 is 0. The Morgan fingerprint density at radius 2 is 1.59 bits per heavy atom. The number of rotatable bonds is 7. The summed E-state index contributed by atoms with van der Waals surface area (Å²) < 4.78 is 28.7. The van der Waals surface area contributed by atoms with Gasteiger partial charge in [-0.15, -0.1) is 0 Å². The molecule has 2 N–H and O–H groups in total. The number of hydrogen-bond acceptors (Lipinski definition) is 3. The number of aryl methyl sites for hydroxylation is 1. The molecule has 0 atom stereocenters. The van der Waals surface area contributed by atoms with Crippen molar-refractivity contribution < 1.29 is 18.4 Å². The first-order valence-corrected chi connectivity index (χ1v) is 12.5. The zero-order valence-electron chi connectivity index (χ0n) is 22.3. The quantitative estimate of drug-likeness (QED) is 0.289. The molecule has 3 aromatic carbocycles. The predicted octanol–water partition coefficient (Wildman–Crippen LogP) is 6.43. The highest BCUT2D eigenvalue weighted by molar-refractivity contribution is 5.96. The van der Waals surface area contributed by atoms with Crippen LogP contribution in [-0.2, 0) is 16.8 Å². The van der Waals surface area contributed by atoms with E-state index in [-0.39, 0.29) is 24.2 Å². The molecule has 0 saturated heterocycles. The molecule has 4 aromatic rings. The minimum atomic E-state index is -1.08. The second kappa shape index (κ2) is 11.5. The Bertz CT molecular complexity index is 1460. The van der Waals surface area contributed by atoms with Crippen LogP contribution in [0.2, 0.25) is 0 Å². The minimum Gasteiger partial charge on any atom is -0.311 e. The van der Waals surface area contributed by atoms with Crippen LogP contribution >= 0.6 is 0 Å². The number of carbonyl (C=O) groups is 2. The third-order valence-electron chi connectivity index (χ3n) is 6.03. The van der Waals surface area contributed by atoms with E-state index in [9.17, 15) is 18.4 Å². The van der Waals surface area contributed by atoms with Crippen LogP contribution in [0.1, 0.15) is 37.6 Å². The molecular formula is C30H31F2N5O2. The summed E-state index contributed by atoms with van der Waals surface area (Å²) in [6.45, 7) is 7.91. The topological polar surface area (TPSA) is 79.3 Å². The lowest BCUT2D eigenvalue weighted by Crippen LogP contribution is -2.40. The molecule has 0 bridgehead atoms. The van der Waals surface area contributed by atoms with Crippen LogP contribution < -0.4 is 10.6 Å². The van der Waals surface area contributed by atoms with Crippen LogP contribution in [0.4, 0.5) is 25.1 Å². The molecular weight excluding hydrogens is 500 g/mol. The standard InChI is InChI=1S/C30H31F2N5O2/c1-20-10-13-23(14-11-20)37-27(17-26(35-37)30(2,3)4)34-28(38)19-36(18-21-8-6-5-7-9-21)29(39)33-22-12-15-24(31)25(32)16-22/h5-17H,18-19H2,1-4H3,(H,33,39)(H,34,38). The second-order valence-electron chi connectivity index (χ2n) is 10.4. The fraction of sp³-hybridized carbons (Fsp3) is 0.233. The Kier molecular flexibility index (Phi) is 8.09. The molecule has 7 nitrogen and oxygen atoms in total. The zero-order chi connectivity index (χ0) is 28.2. The summed E-state index contributed by atoms with van der Waals surface area (Å²) in [6.07, 6.45) is 0. The van der Waals surface area contributed by atoms with Gasteiger partial charge in [-0.1, -0.05) is 68.8 Å². The summed E-state index contributed by atoms with van der Waals surface area (Å²) in [7, 11) is 0. The molecule has 0 fully saturated rings. The number of hydrogen-bond donors (Lipinski definition) is 2. The van der Waals surface area contributed by atoms with Gasteiger partial charge in [-0.25, -0.2) is 18.3 Å². The molecule has 0 aliphatic carbocycles. The third kappa shape index (κ3) is 7.07. The number of anilines is 2. The summed E-state index contributed by atoms with van der Waals surface area (Å²) in [5.74, 6) is -2.08. The Morgan fingerprint density at radius 3 is 2.23 bits per heavy atom. The molecule has 0 saturated carbocycles. The van der Waals surface area contributed by atoms with Gasteiger partial charge in [-0.05, 0) is 36.8 Å². The Morgan fingerprint density at radius 1 is 0.897 bits per heavy atom. The summed E-state index contributed by atoms with van der Waals surface area (Å²) in [4.78, 5) is 27.7. The van der Waals surface area contributed by atoms with Gasteiger partial charge in [-0.3, -0.25) is 4.79 Å². The van der Waals surface area contributed by atoms with Gasteiger partial charge < -0.3 is 15.5 Å². The fourth-order valence-corrected chi connectivity index (χ4v) is 3.85. The van der Waals surface area contributed by atoms with Crippen LogP contribution in [0.5, 0.6) is 0 Å². The molecule has 0 aliphatic rings. The molecule has 0 spiro atoms. The van der Waals surface area contributed by atoms with Gasteiger partial charge in [0.15, 0.2) is 11.6 Å². The van der Waals surface area contributed by atoms with Crippen molar-refractivity contribution in [3.8, 4) is 5.69 Å². The Labute approximate surface area is 226 Å². The molecule has 0 radical (unpaired) electrons. The zero-order valence-corrected chi connectivity index (χ0v) is 22.3. The van der Waals surface area contributed by atoms with Crippen molar-refractivity contribution in [2.24, 2.45) is 0 Å². The molecule has 4 rings (SSSR count). The van der Waals surface area contributed by atoms with Crippen molar-refractivity contribution in [1.82, 2.24) is 14.7 Å². The maximum absolute atomic E-state index is 13.7. The van der Waals surface area contributed by atoms with E-state index in [2.05, 4.69) is 10.6 Å². The molecule has 3 amide bonds. The van der Waals surface area contributed by atoms with Gasteiger partial charge in [-0.2, -0.15) is 5.10 Å². The lowest BCUT2D eigenvalue weighted by atomic mass is 9.92. The van der Waals surface area contributed by atoms with Gasteiger partial charge in [0.25, 0.3) is 0 Å². The first-order chi connectivity index (χ1) is 18.5. The second-order valence-corrected chi connectivity index (χ2v) is 10.4. The number of nitrogens with zero attached hydrogens (tertiary/aromatic N) is 3. The number of carbonyl (C=O) groups excluding carboxylic acids is 2.